The first-order chi connectivity index (χ1) is 20.8. The molecular formula is C36H33N3O3. The molecule has 0 N–H and O–H groups in total. The average molecular weight is 556 g/mol. The Morgan fingerprint density at radius 3 is 1.02 bits per heavy atom. The van der Waals surface area contributed by atoms with Gasteiger partial charge in [0.25, 0.3) is 0 Å². The van der Waals surface area contributed by atoms with Crippen LogP contribution in [0.25, 0.3) is 65.4 Å². The highest BCUT2D eigenvalue weighted by molar-refractivity contribution is 6.39. The van der Waals surface area contributed by atoms with Crippen LogP contribution in [0.2, 0.25) is 0 Å². The van der Waals surface area contributed by atoms with E-state index in [9.17, 15) is 0 Å². The van der Waals surface area contributed by atoms with Gasteiger partial charge in [-0.3, -0.25) is 0 Å². The van der Waals surface area contributed by atoms with Crippen LogP contribution in [0.5, 0.6) is 0 Å². The molecule has 0 saturated carbocycles. The molecular weight excluding hydrogens is 522 g/mol. The van der Waals surface area contributed by atoms with Crippen LogP contribution >= 0.6 is 0 Å². The zero-order chi connectivity index (χ0) is 28.6. The molecule has 0 spiro atoms. The van der Waals surface area contributed by atoms with E-state index in [1.807, 2.05) is 0 Å². The van der Waals surface area contributed by atoms with Crippen LogP contribution in [0.1, 0.15) is 0 Å². The molecule has 0 amide bonds. The molecule has 0 aliphatic heterocycles. The summed E-state index contributed by atoms with van der Waals surface area (Å²) in [6, 6.07) is 26.1. The molecule has 210 valence electrons. The standard InChI is InChI=1S/C36H33N3O3/c1-4-40-22-19-37-28-16-10-7-13-25(28)31-34(37)32-26-14-8-11-17-29(26)38(20-23-41-5-2)36(32)33-27-15-9-12-18-30(27)39(35(31)33)21-24-42-6-3/h4-18H,1-3,19-24H2. The maximum atomic E-state index is 5.68. The Bertz CT molecular complexity index is 1870. The van der Waals surface area contributed by atoms with E-state index in [2.05, 4.69) is 106 Å². The highest BCUT2D eigenvalue weighted by Gasteiger charge is 2.27. The summed E-state index contributed by atoms with van der Waals surface area (Å²) in [7, 11) is 0. The summed E-state index contributed by atoms with van der Waals surface area (Å²) in [6.45, 7) is 15.0. The topological polar surface area (TPSA) is 42.5 Å². The number of hydrogen-bond donors (Lipinski definition) is 0. The second-order valence-corrected chi connectivity index (χ2v) is 10.3. The number of nitrogens with zero attached hydrogens (tertiary/aromatic N) is 3. The minimum absolute atomic E-state index is 0.527. The van der Waals surface area contributed by atoms with Gasteiger partial charge in [-0.15, -0.1) is 0 Å². The van der Waals surface area contributed by atoms with E-state index in [4.69, 9.17) is 14.2 Å². The Morgan fingerprint density at radius 1 is 0.452 bits per heavy atom. The maximum absolute atomic E-state index is 5.68. The number of hydrogen-bond acceptors (Lipinski definition) is 3. The van der Waals surface area contributed by atoms with Crippen molar-refractivity contribution in [3.63, 3.8) is 0 Å². The van der Waals surface area contributed by atoms with E-state index in [-0.39, 0.29) is 0 Å². The number of rotatable bonds is 12. The molecule has 6 heteroatoms. The van der Waals surface area contributed by atoms with Gasteiger partial charge in [-0.05, 0) is 18.2 Å². The van der Waals surface area contributed by atoms with E-state index in [0.29, 0.717) is 39.5 Å². The van der Waals surface area contributed by atoms with Gasteiger partial charge in [0.05, 0.1) is 55.0 Å². The molecule has 0 aliphatic carbocycles. The summed E-state index contributed by atoms with van der Waals surface area (Å²) in [5, 5.41) is 7.39. The SMILES string of the molecule is C=COCCn1c2ccccc2c2c1c1c3ccccc3n(CCOC=C)c1c1c3ccccc3n(CCOC=C)c21. The van der Waals surface area contributed by atoms with E-state index in [1.54, 1.807) is 0 Å². The van der Waals surface area contributed by atoms with E-state index < -0.39 is 0 Å². The van der Waals surface area contributed by atoms with Crippen LogP contribution in [0.3, 0.4) is 0 Å². The molecule has 3 aromatic heterocycles. The summed E-state index contributed by atoms with van der Waals surface area (Å²) in [6.07, 6.45) is 4.56. The summed E-state index contributed by atoms with van der Waals surface area (Å²) in [5.41, 5.74) is 7.17. The maximum Gasteiger partial charge on any atom is 0.105 e. The van der Waals surface area contributed by atoms with Gasteiger partial charge in [0.2, 0.25) is 0 Å². The lowest BCUT2D eigenvalue weighted by Crippen LogP contribution is -2.06. The third-order valence-corrected chi connectivity index (χ3v) is 8.27. The van der Waals surface area contributed by atoms with Gasteiger partial charge in [0.1, 0.15) is 19.8 Å². The fraction of sp³-hybridized carbons (Fsp3) is 0.167. The lowest BCUT2D eigenvalue weighted by atomic mass is 10.0. The molecule has 0 fully saturated rings. The van der Waals surface area contributed by atoms with Gasteiger partial charge < -0.3 is 27.9 Å². The molecule has 6 nitrogen and oxygen atoms in total. The normalized spacial score (nSPS) is 11.7. The molecule has 0 atom stereocenters. The number of fused-ring (bicyclic) bond motifs is 12. The molecule has 3 heterocycles. The van der Waals surface area contributed by atoms with Crippen LogP contribution in [0.4, 0.5) is 0 Å². The molecule has 0 saturated heterocycles. The van der Waals surface area contributed by atoms with Crippen molar-refractivity contribution in [2.75, 3.05) is 19.8 Å². The quantitative estimate of drug-likeness (QED) is 0.112. The summed E-state index contributed by atoms with van der Waals surface area (Å²) in [5.74, 6) is 0. The first-order valence-corrected chi connectivity index (χ1v) is 14.3. The second-order valence-electron chi connectivity index (χ2n) is 10.3. The predicted molar refractivity (Wildman–Crippen MR) is 174 cm³/mol. The van der Waals surface area contributed by atoms with Crippen LogP contribution in [-0.2, 0) is 33.8 Å². The van der Waals surface area contributed by atoms with E-state index in [0.717, 1.165) is 0 Å². The van der Waals surface area contributed by atoms with Gasteiger partial charge in [0.15, 0.2) is 0 Å². The highest BCUT2D eigenvalue weighted by Crippen LogP contribution is 2.47. The number of benzene rings is 4. The van der Waals surface area contributed by atoms with Crippen molar-refractivity contribution in [3.05, 3.63) is 111 Å². The summed E-state index contributed by atoms with van der Waals surface area (Å²) >= 11 is 0. The lowest BCUT2D eigenvalue weighted by Gasteiger charge is -2.13. The Hall–Kier alpha value is -5.10. The third kappa shape index (κ3) is 3.79. The predicted octanol–water partition coefficient (Wildman–Crippen LogP) is 8.49. The van der Waals surface area contributed by atoms with Crippen molar-refractivity contribution in [1.29, 1.82) is 0 Å². The van der Waals surface area contributed by atoms with Crippen molar-refractivity contribution in [2.24, 2.45) is 0 Å². The minimum Gasteiger partial charge on any atom is -0.500 e. The molecule has 42 heavy (non-hydrogen) atoms. The van der Waals surface area contributed by atoms with E-state index in [1.165, 1.54) is 84.2 Å². The molecule has 0 bridgehead atoms. The van der Waals surface area contributed by atoms with Crippen molar-refractivity contribution >= 4 is 65.4 Å². The first-order valence-electron chi connectivity index (χ1n) is 14.3. The third-order valence-electron chi connectivity index (χ3n) is 8.27. The van der Waals surface area contributed by atoms with Crippen molar-refractivity contribution in [1.82, 2.24) is 13.7 Å². The molecule has 0 unspecified atom stereocenters. The molecule has 7 rings (SSSR count). The number of para-hydroxylation sites is 3. The van der Waals surface area contributed by atoms with Crippen LogP contribution in [-0.4, -0.2) is 33.5 Å². The zero-order valence-corrected chi connectivity index (χ0v) is 23.6. The fourth-order valence-electron chi connectivity index (χ4n) is 6.79. The Kier molecular flexibility index (Phi) is 6.59. The molecule has 7 aromatic rings. The van der Waals surface area contributed by atoms with Gasteiger partial charge >= 0.3 is 0 Å². The van der Waals surface area contributed by atoms with Gasteiger partial charge in [-0.2, -0.15) is 0 Å². The average Bonchev–Trinajstić information content (AvgIpc) is 3.64. The highest BCUT2D eigenvalue weighted by atomic mass is 16.5. The molecule has 0 radical (unpaired) electrons. The van der Waals surface area contributed by atoms with Crippen molar-refractivity contribution < 1.29 is 14.2 Å². The first kappa shape index (κ1) is 25.8. The Labute approximate surface area is 243 Å². The van der Waals surface area contributed by atoms with Crippen LogP contribution in [0.15, 0.2) is 111 Å². The van der Waals surface area contributed by atoms with Gasteiger partial charge in [-0.25, -0.2) is 0 Å². The van der Waals surface area contributed by atoms with Crippen molar-refractivity contribution in [3.8, 4) is 0 Å². The van der Waals surface area contributed by atoms with E-state index >= 15 is 0 Å². The number of aromatic nitrogens is 3. The smallest absolute Gasteiger partial charge is 0.105 e. The molecule has 4 aromatic carbocycles. The van der Waals surface area contributed by atoms with Crippen LogP contribution < -0.4 is 0 Å². The zero-order valence-electron chi connectivity index (χ0n) is 23.6. The largest absolute Gasteiger partial charge is 0.500 e. The van der Waals surface area contributed by atoms with Gasteiger partial charge in [-0.1, -0.05) is 74.3 Å². The monoisotopic (exact) mass is 555 g/mol. The molecule has 0 aliphatic rings. The summed E-state index contributed by atoms with van der Waals surface area (Å²) < 4.78 is 24.3. The lowest BCUT2D eigenvalue weighted by molar-refractivity contribution is 0.239. The number of ether oxygens (including phenoxy) is 3. The minimum atomic E-state index is 0.527. The van der Waals surface area contributed by atoms with Crippen LogP contribution in [0, 0.1) is 0 Å². The Morgan fingerprint density at radius 2 is 0.738 bits per heavy atom. The van der Waals surface area contributed by atoms with Crippen molar-refractivity contribution in [2.45, 2.75) is 19.6 Å². The summed E-state index contributed by atoms with van der Waals surface area (Å²) in [4.78, 5) is 0. The Balaban J connectivity index is 1.77. The van der Waals surface area contributed by atoms with Gasteiger partial charge in [0, 0.05) is 48.9 Å². The fourth-order valence-corrected chi connectivity index (χ4v) is 6.79. The second kappa shape index (κ2) is 10.7.